The molecule has 0 fully saturated rings. The van der Waals surface area contributed by atoms with Gasteiger partial charge in [-0.05, 0) is 69.1 Å². The summed E-state index contributed by atoms with van der Waals surface area (Å²) < 4.78 is 5.80. The van der Waals surface area contributed by atoms with Crippen LogP contribution < -0.4 is 10.1 Å². The highest BCUT2D eigenvalue weighted by Crippen LogP contribution is 2.26. The molecule has 0 bridgehead atoms. The SMILES string of the molecule is CNC(c1cccc(OC(C)C)c1)c1ccc(C)c(C)c1. The Hall–Kier alpha value is -1.80. The predicted octanol–water partition coefficient (Wildman–Crippen LogP) is 4.40. The molecule has 0 heterocycles. The van der Waals surface area contributed by atoms with Crippen LogP contribution in [0.4, 0.5) is 0 Å². The van der Waals surface area contributed by atoms with E-state index in [0.717, 1.165) is 5.75 Å². The zero-order valence-electron chi connectivity index (χ0n) is 13.6. The fraction of sp³-hybridized carbons (Fsp3) is 0.368. The van der Waals surface area contributed by atoms with E-state index < -0.39 is 0 Å². The Balaban J connectivity index is 2.34. The van der Waals surface area contributed by atoms with Crippen LogP contribution in [0, 0.1) is 13.8 Å². The average Bonchev–Trinajstić information content (AvgIpc) is 2.43. The van der Waals surface area contributed by atoms with Gasteiger partial charge in [0.1, 0.15) is 5.75 Å². The summed E-state index contributed by atoms with van der Waals surface area (Å²) in [5.41, 5.74) is 5.15. The lowest BCUT2D eigenvalue weighted by Crippen LogP contribution is -2.18. The normalized spacial score (nSPS) is 12.5. The van der Waals surface area contributed by atoms with E-state index in [1.807, 2.05) is 27.0 Å². The summed E-state index contributed by atoms with van der Waals surface area (Å²) in [6.45, 7) is 8.39. The fourth-order valence-electron chi connectivity index (χ4n) is 2.51. The second-order valence-corrected chi connectivity index (χ2v) is 5.80. The van der Waals surface area contributed by atoms with Crippen LogP contribution in [0.15, 0.2) is 42.5 Å². The number of ether oxygens (including phenoxy) is 1. The van der Waals surface area contributed by atoms with Gasteiger partial charge in [0, 0.05) is 0 Å². The van der Waals surface area contributed by atoms with Crippen molar-refractivity contribution in [3.05, 3.63) is 64.7 Å². The Labute approximate surface area is 128 Å². The third-order valence-corrected chi connectivity index (χ3v) is 3.72. The van der Waals surface area contributed by atoms with E-state index in [4.69, 9.17) is 4.74 Å². The Morgan fingerprint density at radius 1 is 0.905 bits per heavy atom. The van der Waals surface area contributed by atoms with Crippen molar-refractivity contribution in [3.8, 4) is 5.75 Å². The summed E-state index contributed by atoms with van der Waals surface area (Å²) >= 11 is 0. The molecule has 0 saturated carbocycles. The Kier molecular flexibility index (Phi) is 5.03. The molecule has 2 aromatic rings. The molecule has 2 rings (SSSR count). The molecular weight excluding hydrogens is 258 g/mol. The maximum atomic E-state index is 5.80. The zero-order valence-corrected chi connectivity index (χ0v) is 13.6. The summed E-state index contributed by atoms with van der Waals surface area (Å²) in [7, 11) is 2.00. The van der Waals surface area contributed by atoms with Gasteiger partial charge in [0.15, 0.2) is 0 Å². The third kappa shape index (κ3) is 3.85. The van der Waals surface area contributed by atoms with Crippen molar-refractivity contribution in [1.82, 2.24) is 5.32 Å². The molecule has 0 amide bonds. The van der Waals surface area contributed by atoms with E-state index in [-0.39, 0.29) is 12.1 Å². The van der Waals surface area contributed by atoms with E-state index in [1.54, 1.807) is 0 Å². The molecule has 1 N–H and O–H groups in total. The molecule has 0 spiro atoms. The molecule has 0 radical (unpaired) electrons. The fourth-order valence-corrected chi connectivity index (χ4v) is 2.51. The molecule has 0 aliphatic rings. The minimum Gasteiger partial charge on any atom is -0.491 e. The van der Waals surface area contributed by atoms with Crippen LogP contribution in [0.2, 0.25) is 0 Å². The molecule has 2 heteroatoms. The molecule has 0 saturated heterocycles. The van der Waals surface area contributed by atoms with Crippen molar-refractivity contribution >= 4 is 0 Å². The minimum atomic E-state index is 0.181. The van der Waals surface area contributed by atoms with Crippen LogP contribution in [0.5, 0.6) is 5.75 Å². The molecule has 21 heavy (non-hydrogen) atoms. The lowest BCUT2D eigenvalue weighted by molar-refractivity contribution is 0.242. The van der Waals surface area contributed by atoms with Gasteiger partial charge >= 0.3 is 0 Å². The van der Waals surface area contributed by atoms with Crippen molar-refractivity contribution in [2.45, 2.75) is 39.8 Å². The van der Waals surface area contributed by atoms with E-state index in [1.165, 1.54) is 22.3 Å². The first-order valence-corrected chi connectivity index (χ1v) is 7.52. The molecular formula is C19H25NO. The number of aryl methyl sites for hydroxylation is 2. The smallest absolute Gasteiger partial charge is 0.120 e. The Morgan fingerprint density at radius 3 is 2.24 bits per heavy atom. The standard InChI is InChI=1S/C19H25NO/c1-13(2)21-18-8-6-7-16(12-18)19(20-5)17-10-9-14(3)15(4)11-17/h6-13,19-20H,1-5H3. The van der Waals surface area contributed by atoms with Crippen LogP contribution in [-0.4, -0.2) is 13.2 Å². The van der Waals surface area contributed by atoms with Crippen molar-refractivity contribution in [3.63, 3.8) is 0 Å². The monoisotopic (exact) mass is 283 g/mol. The first-order chi connectivity index (χ1) is 10.0. The Morgan fingerprint density at radius 2 is 1.62 bits per heavy atom. The highest BCUT2D eigenvalue weighted by molar-refractivity contribution is 5.39. The quantitative estimate of drug-likeness (QED) is 0.878. The van der Waals surface area contributed by atoms with Crippen LogP contribution >= 0.6 is 0 Å². The molecule has 1 unspecified atom stereocenters. The van der Waals surface area contributed by atoms with E-state index >= 15 is 0 Å². The van der Waals surface area contributed by atoms with Crippen molar-refractivity contribution < 1.29 is 4.74 Å². The molecule has 0 aliphatic heterocycles. The van der Waals surface area contributed by atoms with Gasteiger partial charge in [-0.3, -0.25) is 0 Å². The molecule has 1 atom stereocenters. The van der Waals surface area contributed by atoms with Gasteiger partial charge < -0.3 is 10.1 Å². The lowest BCUT2D eigenvalue weighted by Gasteiger charge is -2.20. The van der Waals surface area contributed by atoms with Crippen molar-refractivity contribution in [2.75, 3.05) is 7.05 Å². The number of rotatable bonds is 5. The average molecular weight is 283 g/mol. The first-order valence-electron chi connectivity index (χ1n) is 7.52. The number of nitrogens with one attached hydrogen (secondary N) is 1. The topological polar surface area (TPSA) is 21.3 Å². The van der Waals surface area contributed by atoms with Crippen molar-refractivity contribution in [1.29, 1.82) is 0 Å². The molecule has 2 aromatic carbocycles. The largest absolute Gasteiger partial charge is 0.491 e. The second kappa shape index (κ2) is 6.77. The zero-order chi connectivity index (χ0) is 15.4. The predicted molar refractivity (Wildman–Crippen MR) is 89.0 cm³/mol. The number of hydrogen-bond acceptors (Lipinski definition) is 2. The summed E-state index contributed by atoms with van der Waals surface area (Å²) in [6, 6.07) is 15.1. The van der Waals surface area contributed by atoms with Gasteiger partial charge in [-0.2, -0.15) is 0 Å². The summed E-state index contributed by atoms with van der Waals surface area (Å²) in [4.78, 5) is 0. The highest BCUT2D eigenvalue weighted by Gasteiger charge is 2.13. The van der Waals surface area contributed by atoms with Gasteiger partial charge in [0.05, 0.1) is 12.1 Å². The molecule has 0 aliphatic carbocycles. The number of hydrogen-bond donors (Lipinski definition) is 1. The minimum absolute atomic E-state index is 0.181. The lowest BCUT2D eigenvalue weighted by atomic mass is 9.95. The van der Waals surface area contributed by atoms with E-state index in [2.05, 4.69) is 55.6 Å². The molecule has 0 aromatic heterocycles. The van der Waals surface area contributed by atoms with Gasteiger partial charge in [0.25, 0.3) is 0 Å². The summed E-state index contributed by atoms with van der Waals surface area (Å²) in [5.74, 6) is 0.923. The second-order valence-electron chi connectivity index (χ2n) is 5.80. The van der Waals surface area contributed by atoms with Crippen LogP contribution in [0.1, 0.15) is 42.1 Å². The van der Waals surface area contributed by atoms with E-state index in [0.29, 0.717) is 0 Å². The number of benzene rings is 2. The van der Waals surface area contributed by atoms with Crippen LogP contribution in [-0.2, 0) is 0 Å². The van der Waals surface area contributed by atoms with Crippen LogP contribution in [0.25, 0.3) is 0 Å². The third-order valence-electron chi connectivity index (χ3n) is 3.72. The summed E-state index contributed by atoms with van der Waals surface area (Å²) in [5, 5.41) is 3.41. The molecule has 112 valence electrons. The molecule has 2 nitrogen and oxygen atoms in total. The maximum Gasteiger partial charge on any atom is 0.120 e. The van der Waals surface area contributed by atoms with Gasteiger partial charge in [-0.15, -0.1) is 0 Å². The van der Waals surface area contributed by atoms with Crippen molar-refractivity contribution in [2.24, 2.45) is 0 Å². The Bertz CT molecular complexity index is 604. The van der Waals surface area contributed by atoms with Crippen LogP contribution in [0.3, 0.4) is 0 Å². The first kappa shape index (κ1) is 15.6. The summed E-state index contributed by atoms with van der Waals surface area (Å²) in [6.07, 6.45) is 0.190. The maximum absolute atomic E-state index is 5.80. The van der Waals surface area contributed by atoms with Gasteiger partial charge in [0.2, 0.25) is 0 Å². The van der Waals surface area contributed by atoms with E-state index in [9.17, 15) is 0 Å². The van der Waals surface area contributed by atoms with Gasteiger partial charge in [-0.1, -0.05) is 30.3 Å². The highest BCUT2D eigenvalue weighted by atomic mass is 16.5. The van der Waals surface area contributed by atoms with Gasteiger partial charge in [-0.25, -0.2) is 0 Å².